The molecule has 0 radical (unpaired) electrons. The number of allylic oxidation sites excluding steroid dienone is 5. The fourth-order valence-electron chi connectivity index (χ4n) is 6.05. The lowest BCUT2D eigenvalue weighted by molar-refractivity contribution is -0.540. The SMILES string of the molecule is C=CCC(C)(C/C=C/C=C1/N(CCC)c2ccc(C)cc2C1(C)C)c1c([NH2+]C)ccc2ccccc12. The van der Waals surface area contributed by atoms with Gasteiger partial charge in [-0.3, -0.25) is 0 Å². The predicted octanol–water partition coefficient (Wildman–Crippen LogP) is 7.84. The van der Waals surface area contributed by atoms with E-state index in [0.29, 0.717) is 0 Å². The van der Waals surface area contributed by atoms with Gasteiger partial charge in [0.05, 0.1) is 7.05 Å². The highest BCUT2D eigenvalue weighted by atomic mass is 15.2. The first-order valence-electron chi connectivity index (χ1n) is 13.4. The Labute approximate surface area is 218 Å². The standard InChI is InChI=1S/C34H42N2/c1-8-21-34(6,32-27-15-11-10-14-26(27)18-19-29(32)35-7)22-13-12-16-31-33(4,5)28-24-25(3)17-20-30(28)36(31)23-9-2/h8,10-20,24,35H,1,9,21-23H2,2-7H3/p+1/b13-12+,31-16+. The number of nitrogens with two attached hydrogens (primary N) is 1. The summed E-state index contributed by atoms with van der Waals surface area (Å²) in [6.07, 6.45) is 12.1. The quantitative estimate of drug-likeness (QED) is 0.245. The number of rotatable bonds is 9. The Hall–Kier alpha value is -3.10. The lowest BCUT2D eigenvalue weighted by Crippen LogP contribution is -2.73. The van der Waals surface area contributed by atoms with Gasteiger partial charge in [0.2, 0.25) is 0 Å². The van der Waals surface area contributed by atoms with Gasteiger partial charge in [0.1, 0.15) is 5.69 Å². The van der Waals surface area contributed by atoms with Gasteiger partial charge >= 0.3 is 0 Å². The van der Waals surface area contributed by atoms with Crippen molar-refractivity contribution in [2.75, 3.05) is 18.5 Å². The average molecular weight is 480 g/mol. The third-order valence-electron chi connectivity index (χ3n) is 7.92. The molecule has 0 fully saturated rings. The molecule has 2 heteroatoms. The molecule has 1 unspecified atom stereocenters. The molecule has 0 bridgehead atoms. The van der Waals surface area contributed by atoms with E-state index in [1.54, 1.807) is 0 Å². The zero-order valence-corrected chi connectivity index (χ0v) is 23.1. The smallest absolute Gasteiger partial charge is 0.133 e. The van der Waals surface area contributed by atoms with E-state index in [1.807, 2.05) is 0 Å². The van der Waals surface area contributed by atoms with E-state index in [2.05, 4.69) is 137 Å². The van der Waals surface area contributed by atoms with Crippen LogP contribution in [0.25, 0.3) is 10.8 Å². The molecule has 1 aliphatic heterocycles. The van der Waals surface area contributed by atoms with Crippen LogP contribution in [-0.2, 0) is 10.8 Å². The first-order chi connectivity index (χ1) is 17.3. The van der Waals surface area contributed by atoms with Crippen molar-refractivity contribution in [1.29, 1.82) is 0 Å². The first kappa shape index (κ1) is 26.0. The minimum Gasteiger partial charge on any atom is -0.344 e. The second kappa shape index (κ2) is 10.5. The summed E-state index contributed by atoms with van der Waals surface area (Å²) in [5.41, 5.74) is 8.22. The normalized spacial score (nSPS) is 17.6. The molecule has 1 aliphatic rings. The number of hydrogen-bond acceptors (Lipinski definition) is 1. The molecule has 2 N–H and O–H groups in total. The number of aryl methyl sites for hydroxylation is 1. The molecule has 0 aromatic heterocycles. The van der Waals surface area contributed by atoms with Gasteiger partial charge in [0, 0.05) is 34.3 Å². The topological polar surface area (TPSA) is 19.9 Å². The summed E-state index contributed by atoms with van der Waals surface area (Å²) in [7, 11) is 2.14. The second-order valence-corrected chi connectivity index (χ2v) is 11.1. The predicted molar refractivity (Wildman–Crippen MR) is 157 cm³/mol. The Morgan fingerprint density at radius 2 is 1.83 bits per heavy atom. The van der Waals surface area contributed by atoms with E-state index in [-0.39, 0.29) is 10.8 Å². The van der Waals surface area contributed by atoms with Crippen LogP contribution in [0.1, 0.15) is 63.6 Å². The summed E-state index contributed by atoms with van der Waals surface area (Å²) in [6.45, 7) is 16.7. The molecule has 0 saturated heterocycles. The van der Waals surface area contributed by atoms with Crippen molar-refractivity contribution < 1.29 is 5.32 Å². The third-order valence-corrected chi connectivity index (χ3v) is 7.92. The van der Waals surface area contributed by atoms with Crippen LogP contribution < -0.4 is 10.2 Å². The zero-order valence-electron chi connectivity index (χ0n) is 23.1. The maximum atomic E-state index is 4.12. The molecule has 0 amide bonds. The summed E-state index contributed by atoms with van der Waals surface area (Å²) in [5.74, 6) is 0. The molecule has 0 aliphatic carbocycles. The second-order valence-electron chi connectivity index (χ2n) is 11.1. The van der Waals surface area contributed by atoms with Crippen LogP contribution in [0, 0.1) is 6.92 Å². The summed E-state index contributed by atoms with van der Waals surface area (Å²) in [4.78, 5) is 2.52. The minimum atomic E-state index is -0.0339. The molecule has 4 rings (SSSR count). The molecular formula is C34H43N2+. The number of hydrogen-bond donors (Lipinski definition) is 1. The Kier molecular flexibility index (Phi) is 7.57. The summed E-state index contributed by atoms with van der Waals surface area (Å²) in [5, 5.41) is 4.90. The Morgan fingerprint density at radius 1 is 1.06 bits per heavy atom. The van der Waals surface area contributed by atoms with E-state index in [4.69, 9.17) is 0 Å². The number of nitrogens with zero attached hydrogens (tertiary/aromatic N) is 1. The van der Waals surface area contributed by atoms with Crippen LogP contribution in [0.15, 0.2) is 91.2 Å². The van der Waals surface area contributed by atoms with Crippen molar-refractivity contribution in [1.82, 2.24) is 0 Å². The number of quaternary nitrogens is 1. The molecule has 2 nitrogen and oxygen atoms in total. The van der Waals surface area contributed by atoms with Gasteiger partial charge in [-0.2, -0.15) is 0 Å². The van der Waals surface area contributed by atoms with Crippen molar-refractivity contribution in [3.8, 4) is 0 Å². The highest BCUT2D eigenvalue weighted by Gasteiger charge is 2.39. The van der Waals surface area contributed by atoms with Crippen LogP contribution in [0.3, 0.4) is 0 Å². The van der Waals surface area contributed by atoms with Crippen molar-refractivity contribution >= 4 is 22.1 Å². The third kappa shape index (κ3) is 4.67. The molecule has 36 heavy (non-hydrogen) atoms. The average Bonchev–Trinajstić information content (AvgIpc) is 3.06. The largest absolute Gasteiger partial charge is 0.344 e. The lowest BCUT2D eigenvalue weighted by atomic mass is 9.74. The molecule has 0 saturated carbocycles. The molecule has 0 spiro atoms. The van der Waals surface area contributed by atoms with E-state index < -0.39 is 0 Å². The van der Waals surface area contributed by atoms with E-state index >= 15 is 0 Å². The van der Waals surface area contributed by atoms with Gasteiger partial charge in [0.25, 0.3) is 0 Å². The Balaban J connectivity index is 1.70. The number of fused-ring (bicyclic) bond motifs is 2. The Morgan fingerprint density at radius 3 is 2.56 bits per heavy atom. The van der Waals surface area contributed by atoms with Gasteiger partial charge in [-0.05, 0) is 66.8 Å². The molecule has 3 aromatic rings. The molecule has 188 valence electrons. The van der Waals surface area contributed by atoms with Gasteiger partial charge in [-0.1, -0.05) is 87.9 Å². The van der Waals surface area contributed by atoms with E-state index in [1.165, 1.54) is 44.5 Å². The summed E-state index contributed by atoms with van der Waals surface area (Å²) in [6, 6.07) is 20.2. The maximum Gasteiger partial charge on any atom is 0.133 e. The van der Waals surface area contributed by atoms with Gasteiger partial charge < -0.3 is 10.2 Å². The van der Waals surface area contributed by atoms with E-state index in [9.17, 15) is 0 Å². The molecular weight excluding hydrogens is 436 g/mol. The van der Waals surface area contributed by atoms with Crippen LogP contribution >= 0.6 is 0 Å². The number of benzene rings is 3. The number of anilines is 1. The fourth-order valence-corrected chi connectivity index (χ4v) is 6.05. The van der Waals surface area contributed by atoms with Crippen LogP contribution in [0.5, 0.6) is 0 Å². The maximum absolute atomic E-state index is 4.12. The monoisotopic (exact) mass is 479 g/mol. The van der Waals surface area contributed by atoms with Crippen LogP contribution in [-0.4, -0.2) is 13.6 Å². The van der Waals surface area contributed by atoms with Crippen molar-refractivity contribution in [2.24, 2.45) is 0 Å². The zero-order chi connectivity index (χ0) is 25.9. The first-order valence-corrected chi connectivity index (χ1v) is 13.4. The molecule has 3 aromatic carbocycles. The van der Waals surface area contributed by atoms with Crippen LogP contribution in [0.4, 0.5) is 11.4 Å². The summed E-state index contributed by atoms with van der Waals surface area (Å²) < 4.78 is 0. The van der Waals surface area contributed by atoms with Gasteiger partial charge in [-0.25, -0.2) is 0 Å². The highest BCUT2D eigenvalue weighted by molar-refractivity contribution is 5.90. The van der Waals surface area contributed by atoms with Gasteiger partial charge in [-0.15, -0.1) is 6.58 Å². The van der Waals surface area contributed by atoms with Crippen molar-refractivity contribution in [3.63, 3.8) is 0 Å². The fraction of sp³-hybridized carbons (Fsp3) is 0.353. The lowest BCUT2D eigenvalue weighted by Gasteiger charge is -2.30. The van der Waals surface area contributed by atoms with Crippen molar-refractivity contribution in [2.45, 2.75) is 64.7 Å². The molecule has 1 heterocycles. The Bertz CT molecular complexity index is 1310. The van der Waals surface area contributed by atoms with Gasteiger partial charge in [0.15, 0.2) is 0 Å². The van der Waals surface area contributed by atoms with E-state index in [0.717, 1.165) is 25.8 Å². The molecule has 1 atom stereocenters. The van der Waals surface area contributed by atoms with Crippen molar-refractivity contribution in [3.05, 3.63) is 108 Å². The minimum absolute atomic E-state index is 0.00868. The highest BCUT2D eigenvalue weighted by Crippen LogP contribution is 2.48. The summed E-state index contributed by atoms with van der Waals surface area (Å²) >= 11 is 0. The van der Waals surface area contributed by atoms with Crippen LogP contribution in [0.2, 0.25) is 0 Å².